The second-order valence-electron chi connectivity index (χ2n) is 6.40. The molecule has 1 aromatic heterocycles. The first-order valence-corrected chi connectivity index (χ1v) is 13.9. The van der Waals surface area contributed by atoms with Crippen LogP contribution in [0.2, 0.25) is 0 Å². The standard InChI is InChI=1S/C8H6N2OS2.C8H13NOS2.C3H3NOS2/c11-7-5-13-8(12)10(7)6-3-1-2-4-9-6;1-2-3-4-5-9-7(10)6-12-8(9)11;5-2-1-7-3(6)4-2/h1-4H,5H2;2-6H2,1H3;1H2,(H,4,5,6). The zero-order valence-corrected chi connectivity index (χ0v) is 22.2. The molecule has 7 nitrogen and oxygen atoms in total. The molecule has 13 heteroatoms. The third-order valence-electron chi connectivity index (χ3n) is 4.03. The van der Waals surface area contributed by atoms with E-state index in [-0.39, 0.29) is 17.7 Å². The van der Waals surface area contributed by atoms with Crippen LogP contribution < -0.4 is 10.2 Å². The van der Waals surface area contributed by atoms with E-state index in [0.29, 0.717) is 31.7 Å². The first-order chi connectivity index (χ1) is 15.3. The predicted octanol–water partition coefficient (Wildman–Crippen LogP) is 3.62. The first-order valence-electron chi connectivity index (χ1n) is 9.68. The van der Waals surface area contributed by atoms with Gasteiger partial charge in [0, 0.05) is 12.7 Å². The van der Waals surface area contributed by atoms with Gasteiger partial charge in [-0.15, -0.1) is 0 Å². The van der Waals surface area contributed by atoms with E-state index in [9.17, 15) is 14.4 Å². The van der Waals surface area contributed by atoms with E-state index < -0.39 is 0 Å². The van der Waals surface area contributed by atoms with Gasteiger partial charge in [-0.3, -0.25) is 19.3 Å². The van der Waals surface area contributed by atoms with Crippen molar-refractivity contribution >= 4 is 108 Å². The fourth-order valence-electron chi connectivity index (χ4n) is 2.50. The minimum Gasteiger partial charge on any atom is -0.311 e. The maximum absolute atomic E-state index is 11.4. The highest BCUT2D eigenvalue weighted by Gasteiger charge is 2.28. The van der Waals surface area contributed by atoms with Gasteiger partial charge in [0.25, 0.3) is 0 Å². The van der Waals surface area contributed by atoms with E-state index in [1.807, 2.05) is 6.07 Å². The van der Waals surface area contributed by atoms with Crippen LogP contribution in [0.15, 0.2) is 24.4 Å². The topological polar surface area (TPSA) is 82.6 Å². The molecule has 172 valence electrons. The molecule has 3 saturated heterocycles. The molecular formula is C19H22N4O3S6. The third-order valence-corrected chi connectivity index (χ3v) is 8.05. The van der Waals surface area contributed by atoms with Crippen molar-refractivity contribution in [1.29, 1.82) is 0 Å². The molecular weight excluding hydrogens is 525 g/mol. The van der Waals surface area contributed by atoms with Gasteiger partial charge >= 0.3 is 0 Å². The molecule has 0 aliphatic carbocycles. The van der Waals surface area contributed by atoms with E-state index in [1.165, 1.54) is 53.0 Å². The summed E-state index contributed by atoms with van der Waals surface area (Å²) in [7, 11) is 0. The Morgan fingerprint density at radius 3 is 2.12 bits per heavy atom. The number of carbonyl (C=O) groups is 3. The molecule has 1 aromatic rings. The average molecular weight is 547 g/mol. The number of rotatable bonds is 5. The van der Waals surface area contributed by atoms with Crippen LogP contribution in [0.3, 0.4) is 0 Å². The zero-order valence-electron chi connectivity index (χ0n) is 17.3. The Morgan fingerprint density at radius 1 is 0.969 bits per heavy atom. The Hall–Kier alpha value is -1.12. The summed E-state index contributed by atoms with van der Waals surface area (Å²) in [6.45, 7) is 2.97. The molecule has 32 heavy (non-hydrogen) atoms. The van der Waals surface area contributed by atoms with Crippen LogP contribution in [-0.4, -0.2) is 64.4 Å². The first kappa shape index (κ1) is 27.1. The average Bonchev–Trinajstić information content (AvgIpc) is 3.43. The van der Waals surface area contributed by atoms with E-state index >= 15 is 0 Å². The number of nitrogens with zero attached hydrogens (tertiary/aromatic N) is 3. The highest BCUT2D eigenvalue weighted by molar-refractivity contribution is 8.25. The molecule has 3 amide bonds. The van der Waals surface area contributed by atoms with Gasteiger partial charge in [-0.05, 0) is 18.6 Å². The van der Waals surface area contributed by atoms with Gasteiger partial charge in [-0.1, -0.05) is 97.8 Å². The molecule has 3 aliphatic heterocycles. The van der Waals surface area contributed by atoms with Crippen LogP contribution in [0.4, 0.5) is 5.82 Å². The number of hydrogen-bond acceptors (Lipinski definition) is 10. The molecule has 0 saturated carbocycles. The number of thioether (sulfide) groups is 3. The SMILES string of the molecule is CCCCCN1C(=O)CSC1=S.O=C1CSC(=S)N1.O=C1CSC(=S)N1c1ccccn1. The number of unbranched alkanes of at least 4 members (excludes halogenated alkanes) is 2. The van der Waals surface area contributed by atoms with Crippen molar-refractivity contribution in [2.45, 2.75) is 26.2 Å². The summed E-state index contributed by atoms with van der Waals surface area (Å²) in [5.41, 5.74) is 0. The van der Waals surface area contributed by atoms with Crippen molar-refractivity contribution in [2.24, 2.45) is 0 Å². The van der Waals surface area contributed by atoms with Gasteiger partial charge in [-0.2, -0.15) is 0 Å². The number of amides is 3. The number of thiocarbonyl (C=S) groups is 3. The molecule has 3 aliphatic rings. The minimum atomic E-state index is 0.00806. The summed E-state index contributed by atoms with van der Waals surface area (Å²) in [5.74, 6) is 2.30. The molecule has 0 aromatic carbocycles. The lowest BCUT2D eigenvalue weighted by Gasteiger charge is -2.13. The number of carbonyl (C=O) groups excluding carboxylic acids is 3. The lowest BCUT2D eigenvalue weighted by atomic mass is 10.2. The fourth-order valence-corrected chi connectivity index (χ4v) is 5.50. The second kappa shape index (κ2) is 14.2. The van der Waals surface area contributed by atoms with Crippen LogP contribution in [0.5, 0.6) is 0 Å². The summed E-state index contributed by atoms with van der Waals surface area (Å²) in [5, 5.41) is 2.47. The van der Waals surface area contributed by atoms with Crippen LogP contribution >= 0.6 is 71.9 Å². The summed E-state index contributed by atoms with van der Waals surface area (Å²) in [6.07, 6.45) is 5.08. The molecule has 0 radical (unpaired) electrons. The summed E-state index contributed by atoms with van der Waals surface area (Å²) >= 11 is 18.9. The Bertz CT molecular complexity index is 837. The Labute approximate surface area is 216 Å². The lowest BCUT2D eigenvalue weighted by molar-refractivity contribution is -0.124. The van der Waals surface area contributed by atoms with E-state index in [0.717, 1.165) is 17.3 Å². The highest BCUT2D eigenvalue weighted by Crippen LogP contribution is 2.24. The third kappa shape index (κ3) is 8.67. The largest absolute Gasteiger partial charge is 0.311 e. The Kier molecular flexibility index (Phi) is 12.0. The molecule has 3 fully saturated rings. The maximum Gasteiger partial charge on any atom is 0.244 e. The summed E-state index contributed by atoms with van der Waals surface area (Å²) < 4.78 is 1.95. The maximum atomic E-state index is 11.4. The summed E-state index contributed by atoms with van der Waals surface area (Å²) in [4.78, 5) is 40.1. The van der Waals surface area contributed by atoms with Crippen molar-refractivity contribution in [2.75, 3.05) is 28.7 Å². The van der Waals surface area contributed by atoms with Gasteiger partial charge in [-0.25, -0.2) is 9.88 Å². The van der Waals surface area contributed by atoms with E-state index in [2.05, 4.69) is 29.4 Å². The second-order valence-corrected chi connectivity index (χ2v) is 11.3. The van der Waals surface area contributed by atoms with Crippen LogP contribution in [0, 0.1) is 0 Å². The zero-order chi connectivity index (χ0) is 23.5. The van der Waals surface area contributed by atoms with Crippen LogP contribution in [0.25, 0.3) is 0 Å². The van der Waals surface area contributed by atoms with Crippen LogP contribution in [-0.2, 0) is 14.4 Å². The van der Waals surface area contributed by atoms with Gasteiger partial charge in [0.1, 0.15) is 18.8 Å². The minimum absolute atomic E-state index is 0.00806. The van der Waals surface area contributed by atoms with Gasteiger partial charge in [0.05, 0.1) is 17.3 Å². The normalized spacial score (nSPS) is 17.8. The molecule has 0 unspecified atom stereocenters. The van der Waals surface area contributed by atoms with E-state index in [1.54, 1.807) is 23.2 Å². The molecule has 1 N–H and O–H groups in total. The molecule has 0 bridgehead atoms. The van der Waals surface area contributed by atoms with Crippen molar-refractivity contribution < 1.29 is 14.4 Å². The lowest BCUT2D eigenvalue weighted by Crippen LogP contribution is -2.29. The van der Waals surface area contributed by atoms with Crippen molar-refractivity contribution in [3.63, 3.8) is 0 Å². The van der Waals surface area contributed by atoms with Crippen LogP contribution in [0.1, 0.15) is 26.2 Å². The quantitative estimate of drug-likeness (QED) is 0.437. The smallest absolute Gasteiger partial charge is 0.244 e. The van der Waals surface area contributed by atoms with Crippen molar-refractivity contribution in [1.82, 2.24) is 15.2 Å². The Balaban J connectivity index is 0.000000178. The van der Waals surface area contributed by atoms with Gasteiger partial charge < -0.3 is 5.32 Å². The number of nitrogens with one attached hydrogen (secondary N) is 1. The molecule has 0 atom stereocenters. The number of anilines is 1. The van der Waals surface area contributed by atoms with Gasteiger partial charge in [0.2, 0.25) is 17.7 Å². The number of aromatic nitrogens is 1. The monoisotopic (exact) mass is 546 g/mol. The fraction of sp³-hybridized carbons (Fsp3) is 0.421. The predicted molar refractivity (Wildman–Crippen MR) is 146 cm³/mol. The van der Waals surface area contributed by atoms with E-state index in [4.69, 9.17) is 24.4 Å². The van der Waals surface area contributed by atoms with Crippen molar-refractivity contribution in [3.05, 3.63) is 24.4 Å². The number of pyridine rings is 1. The van der Waals surface area contributed by atoms with Gasteiger partial charge in [0.15, 0.2) is 0 Å². The number of hydrogen-bond donors (Lipinski definition) is 1. The highest BCUT2D eigenvalue weighted by atomic mass is 32.2. The van der Waals surface area contributed by atoms with Crippen molar-refractivity contribution in [3.8, 4) is 0 Å². The Morgan fingerprint density at radius 2 is 1.69 bits per heavy atom. The molecule has 4 rings (SSSR count). The summed E-state index contributed by atoms with van der Waals surface area (Å²) in [6, 6.07) is 5.41. The molecule has 4 heterocycles. The molecule has 0 spiro atoms.